The van der Waals surface area contributed by atoms with Crippen LogP contribution in [-0.4, -0.2) is 48.4 Å². The molecule has 0 radical (unpaired) electrons. The number of nitrogens with zero attached hydrogens (tertiary/aromatic N) is 1. The average molecular weight is 335 g/mol. The molecule has 0 aromatic heterocycles. The maximum absolute atomic E-state index is 12.3. The molecule has 1 N–H and O–H groups in total. The molecule has 0 spiro atoms. The predicted octanol–water partition coefficient (Wildman–Crippen LogP) is 2.73. The molecule has 6 nitrogen and oxygen atoms in total. The van der Waals surface area contributed by atoms with Gasteiger partial charge in [0.15, 0.2) is 0 Å². The third-order valence-electron chi connectivity index (χ3n) is 4.58. The number of carbonyl (C=O) groups excluding carboxylic acids is 1. The van der Waals surface area contributed by atoms with Crippen LogP contribution in [0.2, 0.25) is 0 Å². The van der Waals surface area contributed by atoms with E-state index < -0.39 is 17.6 Å². The topological polar surface area (TPSA) is 76.1 Å². The number of carboxylic acid groups (broad SMARTS) is 1. The van der Waals surface area contributed by atoms with E-state index in [1.54, 1.807) is 7.11 Å². The van der Waals surface area contributed by atoms with Crippen LogP contribution >= 0.6 is 0 Å². The normalized spacial score (nSPS) is 19.5. The van der Waals surface area contributed by atoms with Gasteiger partial charge in [0.25, 0.3) is 0 Å². The lowest BCUT2D eigenvalue weighted by Crippen LogP contribution is -2.58. The van der Waals surface area contributed by atoms with Crippen molar-refractivity contribution in [2.45, 2.75) is 38.6 Å². The highest BCUT2D eigenvalue weighted by molar-refractivity contribution is 5.85. The standard InChI is InChI=1S/C18H25NO5/c1-12(2)11-24-17(22)19(3)18(16(20)21)9-8-13-6-5-7-15(23-4)14(13)10-18/h5-7,12H,8-11H2,1-4H3,(H,20,21). The van der Waals surface area contributed by atoms with Gasteiger partial charge in [-0.3, -0.25) is 4.90 Å². The maximum atomic E-state index is 12.3. The van der Waals surface area contributed by atoms with E-state index in [2.05, 4.69) is 0 Å². The molecule has 132 valence electrons. The largest absolute Gasteiger partial charge is 0.496 e. The Labute approximate surface area is 142 Å². The highest BCUT2D eigenvalue weighted by Crippen LogP contribution is 2.37. The molecule has 1 aliphatic rings. The number of hydrogen-bond acceptors (Lipinski definition) is 4. The molecule has 1 aromatic rings. The van der Waals surface area contributed by atoms with E-state index in [1.807, 2.05) is 32.0 Å². The molecule has 1 aliphatic carbocycles. The van der Waals surface area contributed by atoms with Gasteiger partial charge in [-0.15, -0.1) is 0 Å². The van der Waals surface area contributed by atoms with E-state index in [9.17, 15) is 14.7 Å². The van der Waals surface area contributed by atoms with E-state index in [-0.39, 0.29) is 18.9 Å². The second-order valence-corrected chi connectivity index (χ2v) is 6.64. The maximum Gasteiger partial charge on any atom is 0.410 e. The van der Waals surface area contributed by atoms with Crippen LogP contribution in [0.5, 0.6) is 5.75 Å². The van der Waals surface area contributed by atoms with Crippen molar-refractivity contribution in [1.29, 1.82) is 0 Å². The highest BCUT2D eigenvalue weighted by atomic mass is 16.6. The molecule has 1 unspecified atom stereocenters. The number of aliphatic carboxylic acids is 1. The van der Waals surface area contributed by atoms with Crippen LogP contribution in [0.1, 0.15) is 31.4 Å². The zero-order valence-corrected chi connectivity index (χ0v) is 14.7. The molecule has 0 bridgehead atoms. The quantitative estimate of drug-likeness (QED) is 0.895. The number of benzene rings is 1. The van der Waals surface area contributed by atoms with Crippen molar-refractivity contribution in [3.63, 3.8) is 0 Å². The first kappa shape index (κ1) is 18.1. The van der Waals surface area contributed by atoms with Crippen LogP contribution in [0.4, 0.5) is 4.79 Å². The molecule has 0 aliphatic heterocycles. The van der Waals surface area contributed by atoms with Gasteiger partial charge in [0.2, 0.25) is 0 Å². The lowest BCUT2D eigenvalue weighted by molar-refractivity contribution is -0.150. The van der Waals surface area contributed by atoms with Gasteiger partial charge in [0.05, 0.1) is 13.7 Å². The fourth-order valence-electron chi connectivity index (χ4n) is 3.08. The number of ether oxygens (including phenoxy) is 2. The zero-order chi connectivity index (χ0) is 17.9. The zero-order valence-electron chi connectivity index (χ0n) is 14.7. The Morgan fingerprint density at radius 1 is 1.38 bits per heavy atom. The second-order valence-electron chi connectivity index (χ2n) is 6.64. The average Bonchev–Trinajstić information content (AvgIpc) is 2.57. The van der Waals surface area contributed by atoms with E-state index >= 15 is 0 Å². The number of methoxy groups -OCH3 is 1. The van der Waals surface area contributed by atoms with E-state index in [0.29, 0.717) is 18.6 Å². The van der Waals surface area contributed by atoms with Gasteiger partial charge in [-0.05, 0) is 30.4 Å². The first-order valence-electron chi connectivity index (χ1n) is 8.10. The van der Waals surface area contributed by atoms with Crippen LogP contribution in [-0.2, 0) is 22.4 Å². The van der Waals surface area contributed by atoms with Crippen molar-refractivity contribution in [2.24, 2.45) is 5.92 Å². The summed E-state index contributed by atoms with van der Waals surface area (Å²) < 4.78 is 10.6. The highest BCUT2D eigenvalue weighted by Gasteiger charge is 2.48. The molecular formula is C18H25NO5. The summed E-state index contributed by atoms with van der Waals surface area (Å²) in [7, 11) is 3.06. The first-order valence-corrected chi connectivity index (χ1v) is 8.10. The summed E-state index contributed by atoms with van der Waals surface area (Å²) in [5.74, 6) is -0.180. The van der Waals surface area contributed by atoms with Gasteiger partial charge in [-0.1, -0.05) is 26.0 Å². The summed E-state index contributed by atoms with van der Waals surface area (Å²) in [6, 6.07) is 5.68. The van der Waals surface area contributed by atoms with E-state index in [4.69, 9.17) is 9.47 Å². The van der Waals surface area contributed by atoms with Crippen molar-refractivity contribution in [3.8, 4) is 5.75 Å². The van der Waals surface area contributed by atoms with Gasteiger partial charge in [0, 0.05) is 19.0 Å². The molecule has 1 aromatic carbocycles. The summed E-state index contributed by atoms with van der Waals surface area (Å²) in [5.41, 5.74) is 0.586. The summed E-state index contributed by atoms with van der Waals surface area (Å²) in [6.45, 7) is 4.13. The molecule has 6 heteroatoms. The summed E-state index contributed by atoms with van der Waals surface area (Å²) in [4.78, 5) is 25.6. The lowest BCUT2D eigenvalue weighted by atomic mass is 9.76. The lowest BCUT2D eigenvalue weighted by Gasteiger charge is -2.41. The van der Waals surface area contributed by atoms with Crippen LogP contribution in [0, 0.1) is 5.92 Å². The fourth-order valence-corrected chi connectivity index (χ4v) is 3.08. The molecule has 1 amide bonds. The van der Waals surface area contributed by atoms with Crippen LogP contribution in [0.15, 0.2) is 18.2 Å². The van der Waals surface area contributed by atoms with Crippen LogP contribution in [0.25, 0.3) is 0 Å². The Kier molecular flexibility index (Phi) is 5.36. The Balaban J connectivity index is 2.32. The number of hydrogen-bond donors (Lipinski definition) is 1. The molecule has 1 atom stereocenters. The molecule has 2 rings (SSSR count). The van der Waals surface area contributed by atoms with Crippen molar-refractivity contribution < 1.29 is 24.2 Å². The number of likely N-dealkylation sites (N-methyl/N-ethyl adjacent to an activating group) is 1. The van der Waals surface area contributed by atoms with Crippen molar-refractivity contribution in [1.82, 2.24) is 4.90 Å². The van der Waals surface area contributed by atoms with Gasteiger partial charge < -0.3 is 14.6 Å². The van der Waals surface area contributed by atoms with Crippen LogP contribution < -0.4 is 4.74 Å². The Hall–Kier alpha value is -2.24. The van der Waals surface area contributed by atoms with Gasteiger partial charge in [-0.25, -0.2) is 9.59 Å². The molecule has 0 saturated heterocycles. The Morgan fingerprint density at radius 3 is 2.67 bits per heavy atom. The minimum absolute atomic E-state index is 0.190. The van der Waals surface area contributed by atoms with Crippen molar-refractivity contribution in [2.75, 3.05) is 20.8 Å². The molecule has 24 heavy (non-hydrogen) atoms. The number of carbonyl (C=O) groups is 2. The minimum Gasteiger partial charge on any atom is -0.496 e. The third kappa shape index (κ3) is 3.32. The Bertz CT molecular complexity index is 614. The van der Waals surface area contributed by atoms with Gasteiger partial charge in [-0.2, -0.15) is 0 Å². The molecule has 0 saturated carbocycles. The monoisotopic (exact) mass is 335 g/mol. The summed E-state index contributed by atoms with van der Waals surface area (Å²) in [6.07, 6.45) is 0.509. The molecule has 0 heterocycles. The van der Waals surface area contributed by atoms with Crippen LogP contribution in [0.3, 0.4) is 0 Å². The number of amides is 1. The van der Waals surface area contributed by atoms with Crippen molar-refractivity contribution in [3.05, 3.63) is 29.3 Å². The van der Waals surface area contributed by atoms with E-state index in [1.165, 1.54) is 11.9 Å². The van der Waals surface area contributed by atoms with Crippen molar-refractivity contribution >= 4 is 12.1 Å². The van der Waals surface area contributed by atoms with Gasteiger partial charge in [0.1, 0.15) is 11.3 Å². The third-order valence-corrected chi connectivity index (χ3v) is 4.58. The Morgan fingerprint density at radius 2 is 2.08 bits per heavy atom. The molecule has 0 fully saturated rings. The summed E-state index contributed by atoms with van der Waals surface area (Å²) >= 11 is 0. The predicted molar refractivity (Wildman–Crippen MR) is 89.3 cm³/mol. The summed E-state index contributed by atoms with van der Waals surface area (Å²) in [5, 5.41) is 9.88. The fraction of sp³-hybridized carbons (Fsp3) is 0.556. The number of carboxylic acids is 1. The first-order chi connectivity index (χ1) is 11.3. The number of rotatable bonds is 5. The minimum atomic E-state index is -1.32. The number of aryl methyl sites for hydroxylation is 1. The van der Waals surface area contributed by atoms with Gasteiger partial charge >= 0.3 is 12.1 Å². The smallest absolute Gasteiger partial charge is 0.410 e. The SMILES string of the molecule is COc1cccc2c1CC(C(=O)O)(N(C)C(=O)OCC(C)C)CC2. The van der Waals surface area contributed by atoms with E-state index in [0.717, 1.165) is 11.1 Å². The number of fused-ring (bicyclic) bond motifs is 1. The molecular weight excluding hydrogens is 310 g/mol. The second kappa shape index (κ2) is 7.11.